The van der Waals surface area contributed by atoms with E-state index < -0.39 is 0 Å². The maximum Gasteiger partial charge on any atom is 0.128 e. The van der Waals surface area contributed by atoms with E-state index in [4.69, 9.17) is 9.47 Å². The summed E-state index contributed by atoms with van der Waals surface area (Å²) in [7, 11) is 2.14. The Morgan fingerprint density at radius 2 is 1.68 bits per heavy atom. The molecule has 22 heavy (non-hydrogen) atoms. The van der Waals surface area contributed by atoms with E-state index in [9.17, 15) is 0 Å². The minimum Gasteiger partial charge on any atom is -0.490 e. The monoisotopic (exact) mass is 297 g/mol. The second-order valence-electron chi connectivity index (χ2n) is 5.86. The van der Waals surface area contributed by atoms with Gasteiger partial charge in [0.05, 0.1) is 6.61 Å². The Kier molecular flexibility index (Phi) is 4.76. The second kappa shape index (κ2) is 6.95. The highest BCUT2D eigenvalue weighted by atomic mass is 16.5. The summed E-state index contributed by atoms with van der Waals surface area (Å²) in [5.41, 5.74) is 0.822. The van der Waals surface area contributed by atoms with Crippen LogP contribution in [0.2, 0.25) is 0 Å². The van der Waals surface area contributed by atoms with E-state index in [1.54, 1.807) is 0 Å². The quantitative estimate of drug-likeness (QED) is 0.864. The van der Waals surface area contributed by atoms with E-state index in [0.717, 1.165) is 31.9 Å². The largest absolute Gasteiger partial charge is 0.490 e. The molecule has 1 aliphatic rings. The van der Waals surface area contributed by atoms with Gasteiger partial charge in [0.25, 0.3) is 0 Å². The van der Waals surface area contributed by atoms with Crippen LogP contribution in [0, 0.1) is 0 Å². The van der Waals surface area contributed by atoms with Gasteiger partial charge in [-0.2, -0.15) is 0 Å². The van der Waals surface area contributed by atoms with Crippen molar-refractivity contribution in [2.45, 2.75) is 12.0 Å². The standard InChI is InChI=1S/C19H23NO2/c1-20-13-12-19(22-15-14-20,17-8-4-2-5-9-17)16-21-18-10-6-3-7-11-18/h2-11H,12-16H2,1H3. The molecule has 0 bridgehead atoms. The molecule has 0 aromatic heterocycles. The van der Waals surface area contributed by atoms with Crippen LogP contribution in [0.1, 0.15) is 12.0 Å². The van der Waals surface area contributed by atoms with Gasteiger partial charge in [-0.15, -0.1) is 0 Å². The molecule has 3 heteroatoms. The molecular weight excluding hydrogens is 274 g/mol. The molecule has 1 atom stereocenters. The number of nitrogens with zero attached hydrogens (tertiary/aromatic N) is 1. The summed E-state index contributed by atoms with van der Waals surface area (Å²) in [4.78, 5) is 2.31. The lowest BCUT2D eigenvalue weighted by Gasteiger charge is -2.33. The highest BCUT2D eigenvalue weighted by Gasteiger charge is 2.36. The zero-order chi connectivity index (χ0) is 15.3. The highest BCUT2D eigenvalue weighted by molar-refractivity contribution is 5.25. The van der Waals surface area contributed by atoms with E-state index in [1.165, 1.54) is 5.56 Å². The van der Waals surface area contributed by atoms with Gasteiger partial charge in [-0.1, -0.05) is 48.5 Å². The van der Waals surface area contributed by atoms with Crippen molar-refractivity contribution in [2.24, 2.45) is 0 Å². The van der Waals surface area contributed by atoms with Crippen LogP contribution < -0.4 is 4.74 Å². The summed E-state index contributed by atoms with van der Waals surface area (Å²) in [5, 5.41) is 0. The van der Waals surface area contributed by atoms with Crippen molar-refractivity contribution in [3.63, 3.8) is 0 Å². The molecule has 1 saturated heterocycles. The number of para-hydroxylation sites is 1. The first-order chi connectivity index (χ1) is 10.8. The van der Waals surface area contributed by atoms with Gasteiger partial charge in [-0.3, -0.25) is 0 Å². The Morgan fingerprint density at radius 1 is 1.00 bits per heavy atom. The van der Waals surface area contributed by atoms with Crippen LogP contribution in [0.15, 0.2) is 60.7 Å². The molecule has 0 radical (unpaired) electrons. The van der Waals surface area contributed by atoms with Gasteiger partial charge in [0, 0.05) is 13.1 Å². The summed E-state index contributed by atoms with van der Waals surface area (Å²) < 4.78 is 12.4. The predicted molar refractivity (Wildman–Crippen MR) is 88.1 cm³/mol. The number of likely N-dealkylation sites (N-methyl/N-ethyl adjacent to an activating group) is 1. The smallest absolute Gasteiger partial charge is 0.128 e. The molecule has 116 valence electrons. The van der Waals surface area contributed by atoms with Crippen LogP contribution in [-0.2, 0) is 10.3 Å². The molecular formula is C19H23NO2. The Hall–Kier alpha value is -1.84. The van der Waals surface area contributed by atoms with E-state index in [-0.39, 0.29) is 5.60 Å². The van der Waals surface area contributed by atoms with Crippen molar-refractivity contribution < 1.29 is 9.47 Å². The van der Waals surface area contributed by atoms with Crippen LogP contribution >= 0.6 is 0 Å². The molecule has 0 spiro atoms. The Morgan fingerprint density at radius 3 is 2.41 bits per heavy atom. The Balaban J connectivity index is 1.83. The lowest BCUT2D eigenvalue weighted by atomic mass is 9.90. The van der Waals surface area contributed by atoms with Gasteiger partial charge < -0.3 is 14.4 Å². The molecule has 0 aliphatic carbocycles. The van der Waals surface area contributed by atoms with Gasteiger partial charge in [0.15, 0.2) is 0 Å². The fourth-order valence-electron chi connectivity index (χ4n) is 2.84. The summed E-state index contributed by atoms with van der Waals surface area (Å²) in [5.74, 6) is 0.888. The number of ether oxygens (including phenoxy) is 2. The molecule has 0 N–H and O–H groups in total. The van der Waals surface area contributed by atoms with Crippen molar-refractivity contribution in [3.8, 4) is 5.75 Å². The molecule has 2 aromatic rings. The summed E-state index contributed by atoms with van der Waals surface area (Å²) >= 11 is 0. The summed E-state index contributed by atoms with van der Waals surface area (Å²) in [6, 6.07) is 20.4. The molecule has 1 heterocycles. The van der Waals surface area contributed by atoms with Gasteiger partial charge in [-0.25, -0.2) is 0 Å². The predicted octanol–water partition coefficient (Wildman–Crippen LogP) is 3.31. The van der Waals surface area contributed by atoms with Crippen molar-refractivity contribution >= 4 is 0 Å². The minimum atomic E-state index is -0.373. The SMILES string of the molecule is CN1CCOC(COc2ccccc2)(c2ccccc2)CC1. The third kappa shape index (κ3) is 3.49. The normalized spacial score (nSPS) is 23.0. The molecule has 0 amide bonds. The van der Waals surface area contributed by atoms with E-state index >= 15 is 0 Å². The third-order valence-corrected chi connectivity index (χ3v) is 4.26. The number of hydrogen-bond donors (Lipinski definition) is 0. The van der Waals surface area contributed by atoms with Crippen LogP contribution in [0.4, 0.5) is 0 Å². The number of hydrogen-bond acceptors (Lipinski definition) is 3. The summed E-state index contributed by atoms with van der Waals surface area (Å²) in [6.07, 6.45) is 0.931. The van der Waals surface area contributed by atoms with Crippen LogP contribution in [0.5, 0.6) is 5.75 Å². The molecule has 3 rings (SSSR count). The Labute approximate surface area is 132 Å². The molecule has 1 fully saturated rings. The maximum absolute atomic E-state index is 6.30. The third-order valence-electron chi connectivity index (χ3n) is 4.26. The number of benzene rings is 2. The lowest BCUT2D eigenvalue weighted by Crippen LogP contribution is -2.37. The molecule has 1 unspecified atom stereocenters. The van der Waals surface area contributed by atoms with Crippen LogP contribution in [-0.4, -0.2) is 38.3 Å². The van der Waals surface area contributed by atoms with E-state index in [2.05, 4.69) is 36.2 Å². The zero-order valence-corrected chi connectivity index (χ0v) is 13.1. The van der Waals surface area contributed by atoms with Gasteiger partial charge in [-0.05, 0) is 31.2 Å². The van der Waals surface area contributed by atoms with E-state index in [1.807, 2.05) is 36.4 Å². The lowest BCUT2D eigenvalue weighted by molar-refractivity contribution is -0.0726. The van der Waals surface area contributed by atoms with Crippen LogP contribution in [0.25, 0.3) is 0 Å². The van der Waals surface area contributed by atoms with Crippen molar-refractivity contribution in [2.75, 3.05) is 33.4 Å². The van der Waals surface area contributed by atoms with Crippen LogP contribution in [0.3, 0.4) is 0 Å². The first-order valence-corrected chi connectivity index (χ1v) is 7.84. The molecule has 2 aromatic carbocycles. The molecule has 1 aliphatic heterocycles. The van der Waals surface area contributed by atoms with Gasteiger partial charge in [0.1, 0.15) is 18.0 Å². The van der Waals surface area contributed by atoms with Crippen molar-refractivity contribution in [1.29, 1.82) is 0 Å². The van der Waals surface area contributed by atoms with Crippen molar-refractivity contribution in [1.82, 2.24) is 4.90 Å². The highest BCUT2D eigenvalue weighted by Crippen LogP contribution is 2.32. The first-order valence-electron chi connectivity index (χ1n) is 7.84. The fraction of sp³-hybridized carbons (Fsp3) is 0.368. The Bertz CT molecular complexity index is 573. The summed E-state index contributed by atoms with van der Waals surface area (Å²) in [6.45, 7) is 3.23. The second-order valence-corrected chi connectivity index (χ2v) is 5.86. The molecule has 3 nitrogen and oxygen atoms in total. The zero-order valence-electron chi connectivity index (χ0n) is 13.1. The van der Waals surface area contributed by atoms with Crippen molar-refractivity contribution in [3.05, 3.63) is 66.2 Å². The van der Waals surface area contributed by atoms with Gasteiger partial charge >= 0.3 is 0 Å². The van der Waals surface area contributed by atoms with Gasteiger partial charge in [0.2, 0.25) is 0 Å². The number of rotatable bonds is 4. The average molecular weight is 297 g/mol. The minimum absolute atomic E-state index is 0.373. The first kappa shape index (κ1) is 15.1. The average Bonchev–Trinajstić information content (AvgIpc) is 2.77. The maximum atomic E-state index is 6.30. The fourth-order valence-corrected chi connectivity index (χ4v) is 2.84. The topological polar surface area (TPSA) is 21.7 Å². The van der Waals surface area contributed by atoms with E-state index in [0.29, 0.717) is 6.61 Å². The molecule has 0 saturated carbocycles.